The van der Waals surface area contributed by atoms with Gasteiger partial charge in [-0.15, -0.1) is 0 Å². The van der Waals surface area contributed by atoms with Crippen LogP contribution in [0, 0.1) is 11.8 Å². The van der Waals surface area contributed by atoms with Crippen LogP contribution >= 0.6 is 0 Å². The van der Waals surface area contributed by atoms with Gasteiger partial charge in [0.15, 0.2) is 0 Å². The van der Waals surface area contributed by atoms with Gasteiger partial charge in [-0.2, -0.15) is 0 Å². The minimum absolute atomic E-state index is 0.307. The molecule has 0 bridgehead atoms. The van der Waals surface area contributed by atoms with Crippen molar-refractivity contribution in [1.82, 2.24) is 0 Å². The Balaban J connectivity index is 1.60. The Hall–Kier alpha value is -1.51. The predicted octanol–water partition coefficient (Wildman–Crippen LogP) is 5.93. The standard InChI is InChI=1S/C21H32O3/c1-2-3-4-5-6-7-17-8-10-18(11-9-17)16-24-20-14-12-19(13-15-20)21(22)23/h12-15,17-18H,2-11,16H2,1H3,(H,22,23). The van der Waals surface area contributed by atoms with E-state index < -0.39 is 5.97 Å². The highest BCUT2D eigenvalue weighted by Crippen LogP contribution is 2.32. The van der Waals surface area contributed by atoms with Gasteiger partial charge in [0.25, 0.3) is 0 Å². The third kappa shape index (κ3) is 6.54. The minimum atomic E-state index is -0.894. The van der Waals surface area contributed by atoms with Gasteiger partial charge >= 0.3 is 5.97 Å². The smallest absolute Gasteiger partial charge is 0.335 e. The molecule has 0 aromatic heterocycles. The summed E-state index contributed by atoms with van der Waals surface area (Å²) < 4.78 is 5.85. The van der Waals surface area contributed by atoms with Gasteiger partial charge in [0.2, 0.25) is 0 Å². The van der Waals surface area contributed by atoms with Crippen LogP contribution in [0.1, 0.15) is 81.5 Å². The molecule has 1 aromatic carbocycles. The molecule has 1 aliphatic rings. The van der Waals surface area contributed by atoms with Gasteiger partial charge in [0.05, 0.1) is 12.2 Å². The lowest BCUT2D eigenvalue weighted by atomic mass is 9.80. The van der Waals surface area contributed by atoms with Crippen molar-refractivity contribution < 1.29 is 14.6 Å². The maximum Gasteiger partial charge on any atom is 0.335 e. The van der Waals surface area contributed by atoms with Gasteiger partial charge in [0.1, 0.15) is 5.75 Å². The van der Waals surface area contributed by atoms with E-state index in [1.165, 1.54) is 64.2 Å². The highest BCUT2D eigenvalue weighted by molar-refractivity contribution is 5.87. The summed E-state index contributed by atoms with van der Waals surface area (Å²) in [5.41, 5.74) is 0.307. The van der Waals surface area contributed by atoms with Crippen molar-refractivity contribution in [1.29, 1.82) is 0 Å². The van der Waals surface area contributed by atoms with Gasteiger partial charge in [-0.1, -0.05) is 58.3 Å². The lowest BCUT2D eigenvalue weighted by Gasteiger charge is -2.28. The van der Waals surface area contributed by atoms with Crippen LogP contribution in [0.2, 0.25) is 0 Å². The molecule has 1 saturated carbocycles. The Labute approximate surface area is 146 Å². The van der Waals surface area contributed by atoms with E-state index in [1.807, 2.05) is 0 Å². The van der Waals surface area contributed by atoms with Gasteiger partial charge in [-0.25, -0.2) is 4.79 Å². The quantitative estimate of drug-likeness (QED) is 0.540. The molecule has 1 fully saturated rings. The van der Waals surface area contributed by atoms with Gasteiger partial charge in [-0.05, 0) is 48.9 Å². The minimum Gasteiger partial charge on any atom is -0.493 e. The van der Waals surface area contributed by atoms with Crippen LogP contribution in [0.5, 0.6) is 5.75 Å². The molecule has 0 unspecified atom stereocenters. The average Bonchev–Trinajstić information content (AvgIpc) is 2.61. The second kappa shape index (κ2) is 10.4. The van der Waals surface area contributed by atoms with Crippen molar-refractivity contribution in [2.24, 2.45) is 11.8 Å². The van der Waals surface area contributed by atoms with Crippen LogP contribution in [-0.2, 0) is 0 Å². The van der Waals surface area contributed by atoms with E-state index in [0.717, 1.165) is 18.3 Å². The van der Waals surface area contributed by atoms with Crippen molar-refractivity contribution in [3.05, 3.63) is 29.8 Å². The normalized spacial score (nSPS) is 20.7. The second-order valence-electron chi connectivity index (χ2n) is 7.23. The molecule has 0 spiro atoms. The molecular weight excluding hydrogens is 300 g/mol. The summed E-state index contributed by atoms with van der Waals surface area (Å²) in [5, 5.41) is 8.90. The lowest BCUT2D eigenvalue weighted by molar-refractivity contribution is 0.0697. The van der Waals surface area contributed by atoms with E-state index in [2.05, 4.69) is 6.92 Å². The van der Waals surface area contributed by atoms with Crippen LogP contribution in [0.3, 0.4) is 0 Å². The number of unbranched alkanes of at least 4 members (excludes halogenated alkanes) is 4. The summed E-state index contributed by atoms with van der Waals surface area (Å²) in [6.45, 7) is 3.03. The fraction of sp³-hybridized carbons (Fsp3) is 0.667. The Morgan fingerprint density at radius 1 is 1.00 bits per heavy atom. The molecule has 0 amide bonds. The molecule has 134 valence electrons. The Morgan fingerprint density at radius 3 is 2.25 bits per heavy atom. The zero-order valence-corrected chi connectivity index (χ0v) is 15.0. The fourth-order valence-corrected chi connectivity index (χ4v) is 3.63. The SMILES string of the molecule is CCCCCCCC1CCC(COc2ccc(C(=O)O)cc2)CC1. The number of hydrogen-bond acceptors (Lipinski definition) is 2. The molecule has 3 heteroatoms. The van der Waals surface area contributed by atoms with Crippen LogP contribution < -0.4 is 4.74 Å². The Kier molecular flexibility index (Phi) is 8.14. The van der Waals surface area contributed by atoms with Crippen LogP contribution in [0.4, 0.5) is 0 Å². The number of benzene rings is 1. The first-order chi connectivity index (χ1) is 11.7. The van der Waals surface area contributed by atoms with Gasteiger partial charge < -0.3 is 9.84 Å². The summed E-state index contributed by atoms with van der Waals surface area (Å²) in [5.74, 6) is 1.46. The molecule has 0 saturated heterocycles. The summed E-state index contributed by atoms with van der Waals surface area (Å²) in [6, 6.07) is 6.72. The van der Waals surface area contributed by atoms with E-state index in [1.54, 1.807) is 24.3 Å². The van der Waals surface area contributed by atoms with Gasteiger partial charge in [0, 0.05) is 0 Å². The van der Waals surface area contributed by atoms with Crippen molar-refractivity contribution in [3.8, 4) is 5.75 Å². The molecule has 0 heterocycles. The molecule has 1 N–H and O–H groups in total. The lowest BCUT2D eigenvalue weighted by Crippen LogP contribution is -2.20. The first-order valence-electron chi connectivity index (χ1n) is 9.65. The van der Waals surface area contributed by atoms with Gasteiger partial charge in [-0.3, -0.25) is 0 Å². The number of carboxylic acids is 1. The molecular formula is C21H32O3. The van der Waals surface area contributed by atoms with Crippen LogP contribution in [0.25, 0.3) is 0 Å². The molecule has 1 aromatic rings. The number of carboxylic acid groups (broad SMARTS) is 1. The molecule has 3 nitrogen and oxygen atoms in total. The third-order valence-electron chi connectivity index (χ3n) is 5.27. The topological polar surface area (TPSA) is 46.5 Å². The predicted molar refractivity (Wildman–Crippen MR) is 97.7 cm³/mol. The van der Waals surface area contributed by atoms with E-state index in [4.69, 9.17) is 9.84 Å². The maximum atomic E-state index is 10.8. The first-order valence-corrected chi connectivity index (χ1v) is 9.65. The molecule has 2 rings (SSSR count). The first kappa shape index (κ1) is 18.8. The van der Waals surface area contributed by atoms with Crippen molar-refractivity contribution in [2.75, 3.05) is 6.61 Å². The summed E-state index contributed by atoms with van der Waals surface area (Å²) in [7, 11) is 0. The van der Waals surface area contributed by atoms with Crippen molar-refractivity contribution in [3.63, 3.8) is 0 Å². The number of hydrogen-bond donors (Lipinski definition) is 1. The van der Waals surface area contributed by atoms with Crippen molar-refractivity contribution in [2.45, 2.75) is 71.1 Å². The number of ether oxygens (including phenoxy) is 1. The Morgan fingerprint density at radius 2 is 1.62 bits per heavy atom. The van der Waals surface area contributed by atoms with Crippen LogP contribution in [-0.4, -0.2) is 17.7 Å². The fourth-order valence-electron chi connectivity index (χ4n) is 3.63. The van der Waals surface area contributed by atoms with E-state index in [0.29, 0.717) is 11.5 Å². The number of carbonyl (C=O) groups is 1. The summed E-state index contributed by atoms with van der Waals surface area (Å²) >= 11 is 0. The molecule has 24 heavy (non-hydrogen) atoms. The zero-order chi connectivity index (χ0) is 17.2. The van der Waals surface area contributed by atoms with E-state index in [-0.39, 0.29) is 0 Å². The largest absolute Gasteiger partial charge is 0.493 e. The summed E-state index contributed by atoms with van der Waals surface area (Å²) in [4.78, 5) is 10.8. The molecule has 1 aliphatic carbocycles. The number of rotatable bonds is 10. The highest BCUT2D eigenvalue weighted by Gasteiger charge is 2.21. The van der Waals surface area contributed by atoms with E-state index >= 15 is 0 Å². The molecule has 0 radical (unpaired) electrons. The third-order valence-corrected chi connectivity index (χ3v) is 5.27. The van der Waals surface area contributed by atoms with E-state index in [9.17, 15) is 4.79 Å². The molecule has 0 atom stereocenters. The average molecular weight is 332 g/mol. The van der Waals surface area contributed by atoms with Crippen molar-refractivity contribution >= 4 is 5.97 Å². The zero-order valence-electron chi connectivity index (χ0n) is 15.0. The van der Waals surface area contributed by atoms with Crippen LogP contribution in [0.15, 0.2) is 24.3 Å². The molecule has 0 aliphatic heterocycles. The maximum absolute atomic E-state index is 10.8. The number of aromatic carboxylic acids is 1. The Bertz CT molecular complexity index is 472. The summed E-state index contributed by atoms with van der Waals surface area (Å²) in [6.07, 6.45) is 13.6. The monoisotopic (exact) mass is 332 g/mol. The highest BCUT2D eigenvalue weighted by atomic mass is 16.5. The second-order valence-corrected chi connectivity index (χ2v) is 7.23.